The van der Waals surface area contributed by atoms with Crippen LogP contribution in [0.5, 0.6) is 0 Å². The molecule has 0 aromatic rings. The monoisotopic (exact) mass is 312 g/mol. The standard InChI is InChI=1S/C5H12.4C2H4O2/c1-3-5-4-2;4*1-2(3)4/h3-5H2,1-2H3;4*1H3,(H,3,4). The third-order valence-electron chi connectivity index (χ3n) is 0.707. The second kappa shape index (κ2) is 30.7. The van der Waals surface area contributed by atoms with Gasteiger partial charge in [0, 0.05) is 27.7 Å². The van der Waals surface area contributed by atoms with Gasteiger partial charge in [-0.2, -0.15) is 0 Å². The maximum absolute atomic E-state index is 9.00. The zero-order valence-corrected chi connectivity index (χ0v) is 13.5. The first kappa shape index (κ1) is 31.3. The predicted octanol–water partition coefficient (Wildman–Crippen LogP) is 2.56. The van der Waals surface area contributed by atoms with E-state index in [1.807, 2.05) is 0 Å². The van der Waals surface area contributed by atoms with E-state index in [9.17, 15) is 0 Å². The molecule has 0 radical (unpaired) electrons. The molecule has 21 heavy (non-hydrogen) atoms. The maximum Gasteiger partial charge on any atom is 0.300 e. The van der Waals surface area contributed by atoms with Crippen molar-refractivity contribution in [3.63, 3.8) is 0 Å². The number of hydrogen-bond acceptors (Lipinski definition) is 4. The maximum atomic E-state index is 9.00. The largest absolute Gasteiger partial charge is 0.481 e. The van der Waals surface area contributed by atoms with E-state index < -0.39 is 23.9 Å². The van der Waals surface area contributed by atoms with Crippen molar-refractivity contribution in [1.29, 1.82) is 0 Å². The smallest absolute Gasteiger partial charge is 0.300 e. The fourth-order valence-electron chi connectivity index (χ4n) is 0.354. The highest BCUT2D eigenvalue weighted by Gasteiger charge is 1.68. The SMILES string of the molecule is CC(=O)O.CC(=O)O.CC(=O)O.CC(=O)O.CCCCC. The summed E-state index contributed by atoms with van der Waals surface area (Å²) in [5.74, 6) is -3.33. The zero-order chi connectivity index (χ0) is 18.4. The molecule has 0 aliphatic rings. The zero-order valence-electron chi connectivity index (χ0n) is 13.5. The van der Waals surface area contributed by atoms with Crippen LogP contribution in [0.25, 0.3) is 0 Å². The van der Waals surface area contributed by atoms with Gasteiger partial charge in [-0.3, -0.25) is 19.2 Å². The summed E-state index contributed by atoms with van der Waals surface area (Å²) in [5.41, 5.74) is 0. The molecule has 0 saturated heterocycles. The fourth-order valence-corrected chi connectivity index (χ4v) is 0.354. The molecule has 0 aliphatic heterocycles. The van der Waals surface area contributed by atoms with E-state index >= 15 is 0 Å². The molecule has 8 heteroatoms. The first-order valence-corrected chi connectivity index (χ1v) is 6.13. The highest BCUT2D eigenvalue weighted by molar-refractivity contribution is 5.63. The van der Waals surface area contributed by atoms with Crippen LogP contribution in [0.1, 0.15) is 60.8 Å². The van der Waals surface area contributed by atoms with Crippen LogP contribution in [0.15, 0.2) is 0 Å². The van der Waals surface area contributed by atoms with E-state index in [1.165, 1.54) is 19.3 Å². The summed E-state index contributed by atoms with van der Waals surface area (Å²) in [6, 6.07) is 0. The summed E-state index contributed by atoms with van der Waals surface area (Å²) < 4.78 is 0. The van der Waals surface area contributed by atoms with Crippen LogP contribution in [0, 0.1) is 0 Å². The van der Waals surface area contributed by atoms with Gasteiger partial charge in [-0.1, -0.05) is 33.1 Å². The molecular weight excluding hydrogens is 284 g/mol. The summed E-state index contributed by atoms with van der Waals surface area (Å²) in [5, 5.41) is 29.7. The van der Waals surface area contributed by atoms with Gasteiger partial charge in [0.05, 0.1) is 0 Å². The summed E-state index contributed by atoms with van der Waals surface area (Å²) in [4.78, 5) is 36.0. The Bertz CT molecular complexity index is 195. The summed E-state index contributed by atoms with van der Waals surface area (Å²) in [6.45, 7) is 8.76. The third kappa shape index (κ3) is 313000. The molecule has 0 saturated carbocycles. The Morgan fingerprint density at radius 2 is 0.667 bits per heavy atom. The fraction of sp³-hybridized carbons (Fsp3) is 0.692. The molecule has 0 fully saturated rings. The number of rotatable bonds is 2. The average molecular weight is 312 g/mol. The molecule has 0 spiro atoms. The van der Waals surface area contributed by atoms with Crippen LogP contribution in [0.2, 0.25) is 0 Å². The van der Waals surface area contributed by atoms with Gasteiger partial charge in [0.1, 0.15) is 0 Å². The molecule has 128 valence electrons. The second-order valence-corrected chi connectivity index (χ2v) is 3.43. The number of carbonyl (C=O) groups is 4. The van der Waals surface area contributed by atoms with Gasteiger partial charge >= 0.3 is 0 Å². The third-order valence-corrected chi connectivity index (χ3v) is 0.707. The first-order chi connectivity index (χ1) is 9.34. The van der Waals surface area contributed by atoms with Crippen molar-refractivity contribution in [1.82, 2.24) is 0 Å². The molecule has 0 unspecified atom stereocenters. The first-order valence-electron chi connectivity index (χ1n) is 6.13. The van der Waals surface area contributed by atoms with Crippen molar-refractivity contribution in [2.45, 2.75) is 60.8 Å². The number of carboxylic acid groups (broad SMARTS) is 4. The second-order valence-electron chi connectivity index (χ2n) is 3.43. The number of hydrogen-bond donors (Lipinski definition) is 4. The Morgan fingerprint density at radius 3 is 0.667 bits per heavy atom. The normalized spacial score (nSPS) is 6.76. The van der Waals surface area contributed by atoms with E-state index in [2.05, 4.69) is 13.8 Å². The quantitative estimate of drug-likeness (QED) is 0.607. The lowest BCUT2D eigenvalue weighted by atomic mass is 10.3. The molecular formula is C13H28O8. The molecule has 0 bridgehead atoms. The molecule has 0 aromatic carbocycles. The van der Waals surface area contributed by atoms with Crippen molar-refractivity contribution in [2.75, 3.05) is 0 Å². The predicted molar refractivity (Wildman–Crippen MR) is 78.4 cm³/mol. The Kier molecular flexibility index (Phi) is 45.8. The van der Waals surface area contributed by atoms with Gasteiger partial charge in [0.2, 0.25) is 0 Å². The number of carboxylic acids is 4. The molecule has 0 aliphatic carbocycles. The lowest BCUT2D eigenvalue weighted by Gasteiger charge is -1.79. The Labute approximate surface area is 125 Å². The summed E-state index contributed by atoms with van der Waals surface area (Å²) >= 11 is 0. The molecule has 0 amide bonds. The minimum absolute atomic E-state index is 0.833. The molecule has 0 atom stereocenters. The molecule has 0 aromatic heterocycles. The van der Waals surface area contributed by atoms with Gasteiger partial charge in [0.15, 0.2) is 0 Å². The van der Waals surface area contributed by atoms with Crippen molar-refractivity contribution in [2.24, 2.45) is 0 Å². The van der Waals surface area contributed by atoms with E-state index in [0.29, 0.717) is 0 Å². The number of unbranched alkanes of at least 4 members (excludes halogenated alkanes) is 2. The van der Waals surface area contributed by atoms with Crippen molar-refractivity contribution >= 4 is 23.9 Å². The van der Waals surface area contributed by atoms with Crippen LogP contribution in [-0.2, 0) is 19.2 Å². The lowest BCUT2D eigenvalue weighted by Crippen LogP contribution is -1.78. The van der Waals surface area contributed by atoms with Gasteiger partial charge < -0.3 is 20.4 Å². The van der Waals surface area contributed by atoms with Crippen LogP contribution in [-0.4, -0.2) is 44.3 Å². The van der Waals surface area contributed by atoms with Gasteiger partial charge in [-0.05, 0) is 0 Å². The minimum atomic E-state index is -0.833. The van der Waals surface area contributed by atoms with Crippen LogP contribution >= 0.6 is 0 Å². The van der Waals surface area contributed by atoms with Crippen LogP contribution in [0.4, 0.5) is 0 Å². The minimum Gasteiger partial charge on any atom is -0.481 e. The number of aliphatic carboxylic acids is 4. The van der Waals surface area contributed by atoms with Crippen molar-refractivity contribution < 1.29 is 39.6 Å². The molecule has 0 heterocycles. The summed E-state index contributed by atoms with van der Waals surface area (Å²) in [6.07, 6.45) is 4.08. The lowest BCUT2D eigenvalue weighted by molar-refractivity contribution is -0.135. The molecule has 4 N–H and O–H groups in total. The van der Waals surface area contributed by atoms with E-state index in [0.717, 1.165) is 27.7 Å². The molecule has 0 rings (SSSR count). The average Bonchev–Trinajstić information content (AvgIpc) is 2.14. The van der Waals surface area contributed by atoms with E-state index in [4.69, 9.17) is 39.6 Å². The van der Waals surface area contributed by atoms with E-state index in [-0.39, 0.29) is 0 Å². The summed E-state index contributed by atoms with van der Waals surface area (Å²) in [7, 11) is 0. The Morgan fingerprint density at radius 1 is 0.571 bits per heavy atom. The van der Waals surface area contributed by atoms with Crippen molar-refractivity contribution in [3.05, 3.63) is 0 Å². The van der Waals surface area contributed by atoms with E-state index in [1.54, 1.807) is 0 Å². The van der Waals surface area contributed by atoms with Gasteiger partial charge in [0.25, 0.3) is 23.9 Å². The van der Waals surface area contributed by atoms with Crippen LogP contribution < -0.4 is 0 Å². The van der Waals surface area contributed by atoms with Gasteiger partial charge in [-0.25, -0.2) is 0 Å². The highest BCUT2D eigenvalue weighted by atomic mass is 16.4. The highest BCUT2D eigenvalue weighted by Crippen LogP contribution is 1.88. The topological polar surface area (TPSA) is 149 Å². The Balaban J connectivity index is -0.0000000510. The van der Waals surface area contributed by atoms with Crippen molar-refractivity contribution in [3.8, 4) is 0 Å². The van der Waals surface area contributed by atoms with Gasteiger partial charge in [-0.15, -0.1) is 0 Å². The van der Waals surface area contributed by atoms with Crippen LogP contribution in [0.3, 0.4) is 0 Å². The Hall–Kier alpha value is -2.12. The molecule has 8 nitrogen and oxygen atoms in total.